The van der Waals surface area contributed by atoms with Crippen LogP contribution in [0.3, 0.4) is 0 Å². The Morgan fingerprint density at radius 3 is 2.46 bits per heavy atom. The molecule has 12 heteroatoms. The molecule has 0 aliphatic carbocycles. The van der Waals surface area contributed by atoms with E-state index in [9.17, 15) is 14.0 Å². The molecule has 1 N–H and O–H groups in total. The number of benzene rings is 2. The molecule has 39 heavy (non-hydrogen) atoms. The summed E-state index contributed by atoms with van der Waals surface area (Å²) in [6.07, 6.45) is 6.20. The minimum atomic E-state index is -0.972. The van der Waals surface area contributed by atoms with Crippen LogP contribution in [0.4, 0.5) is 13.2 Å². The SMILES string of the molecule is Cn1cc(-c2cc(Oc3cc(F)c(-n4[nH]c5ccn(-c6ccc(F)cc6)c(=O)c5c4=O)cc3F)ccn2)cn1. The smallest absolute Gasteiger partial charge is 0.284 e. The van der Waals surface area contributed by atoms with Gasteiger partial charge in [0, 0.05) is 55.1 Å². The van der Waals surface area contributed by atoms with Crippen LogP contribution < -0.4 is 15.9 Å². The number of hydrogen-bond donors (Lipinski definition) is 1. The van der Waals surface area contributed by atoms with E-state index in [0.29, 0.717) is 16.9 Å². The molecule has 0 fully saturated rings. The fraction of sp³-hybridized carbons (Fsp3) is 0.0370. The largest absolute Gasteiger partial charge is 0.454 e. The highest BCUT2D eigenvalue weighted by Crippen LogP contribution is 2.30. The summed E-state index contributed by atoms with van der Waals surface area (Å²) in [4.78, 5) is 30.4. The molecule has 6 rings (SSSR count). The second-order valence-electron chi connectivity index (χ2n) is 8.62. The Morgan fingerprint density at radius 2 is 1.72 bits per heavy atom. The molecule has 0 saturated heterocycles. The van der Waals surface area contributed by atoms with E-state index >= 15 is 8.78 Å². The maximum Gasteiger partial charge on any atom is 0.284 e. The Bertz CT molecular complexity index is 1990. The van der Waals surface area contributed by atoms with Crippen LogP contribution in [0.25, 0.3) is 33.5 Å². The summed E-state index contributed by atoms with van der Waals surface area (Å²) in [5, 5.41) is 6.45. The van der Waals surface area contributed by atoms with Gasteiger partial charge in [0.15, 0.2) is 17.4 Å². The maximum absolute atomic E-state index is 15.2. The molecule has 194 valence electrons. The van der Waals surface area contributed by atoms with E-state index in [1.807, 2.05) is 0 Å². The molecular formula is C27H17F3N6O3. The van der Waals surface area contributed by atoms with Gasteiger partial charge in [-0.2, -0.15) is 5.10 Å². The van der Waals surface area contributed by atoms with Gasteiger partial charge in [-0.05, 0) is 36.4 Å². The van der Waals surface area contributed by atoms with Crippen molar-refractivity contribution >= 4 is 10.9 Å². The fourth-order valence-corrected chi connectivity index (χ4v) is 4.17. The minimum absolute atomic E-state index is 0.114. The van der Waals surface area contributed by atoms with Gasteiger partial charge in [-0.1, -0.05) is 0 Å². The Hall–Kier alpha value is -5.39. The standard InChI is InChI=1S/C27H17F3N6O3/c1-34-14-15(13-32-34)22-10-18(6-8-31-22)39-24-12-19(29)23(11-20(24)30)36-27(38)25-21(33-36)7-9-35(26(25)37)17-4-2-16(28)3-5-17/h2-14,33H,1H3. The third-order valence-corrected chi connectivity index (χ3v) is 6.05. The zero-order chi connectivity index (χ0) is 27.3. The normalized spacial score (nSPS) is 11.3. The lowest BCUT2D eigenvalue weighted by Crippen LogP contribution is -2.24. The van der Waals surface area contributed by atoms with Crippen molar-refractivity contribution in [1.29, 1.82) is 0 Å². The second-order valence-corrected chi connectivity index (χ2v) is 8.62. The number of aromatic amines is 1. The quantitative estimate of drug-likeness (QED) is 0.355. The van der Waals surface area contributed by atoms with Crippen molar-refractivity contribution in [1.82, 2.24) is 29.1 Å². The number of halogens is 3. The Kier molecular flexibility index (Phi) is 5.64. The van der Waals surface area contributed by atoms with Gasteiger partial charge in [0.05, 0.1) is 17.4 Å². The topological polar surface area (TPSA) is 99.7 Å². The van der Waals surface area contributed by atoms with Crippen molar-refractivity contribution in [3.8, 4) is 34.1 Å². The van der Waals surface area contributed by atoms with E-state index in [1.54, 1.807) is 30.2 Å². The number of rotatable bonds is 5. The van der Waals surface area contributed by atoms with Gasteiger partial charge in [0.1, 0.15) is 22.6 Å². The van der Waals surface area contributed by atoms with Crippen LogP contribution in [-0.4, -0.2) is 29.1 Å². The van der Waals surface area contributed by atoms with Crippen LogP contribution in [0.1, 0.15) is 0 Å². The molecule has 0 atom stereocenters. The number of nitrogens with zero attached hydrogens (tertiary/aromatic N) is 5. The van der Waals surface area contributed by atoms with Gasteiger partial charge < -0.3 is 4.74 Å². The average molecular weight is 530 g/mol. The number of fused-ring (bicyclic) bond motifs is 1. The van der Waals surface area contributed by atoms with Crippen LogP contribution in [0.2, 0.25) is 0 Å². The first-order valence-electron chi connectivity index (χ1n) is 11.5. The molecule has 4 heterocycles. The molecule has 0 amide bonds. The summed E-state index contributed by atoms with van der Waals surface area (Å²) in [6, 6.07) is 11.2. The Balaban J connectivity index is 1.36. The third-order valence-electron chi connectivity index (χ3n) is 6.05. The van der Waals surface area contributed by atoms with Crippen LogP contribution in [-0.2, 0) is 7.05 Å². The van der Waals surface area contributed by atoms with E-state index in [0.717, 1.165) is 21.4 Å². The van der Waals surface area contributed by atoms with E-state index in [2.05, 4.69) is 15.2 Å². The highest BCUT2D eigenvalue weighted by molar-refractivity contribution is 5.77. The van der Waals surface area contributed by atoms with Crippen molar-refractivity contribution < 1.29 is 17.9 Å². The highest BCUT2D eigenvalue weighted by Gasteiger charge is 2.19. The van der Waals surface area contributed by atoms with E-state index in [4.69, 9.17) is 4.74 Å². The van der Waals surface area contributed by atoms with Gasteiger partial charge in [0.25, 0.3) is 11.1 Å². The van der Waals surface area contributed by atoms with Gasteiger partial charge in [-0.3, -0.25) is 28.9 Å². The van der Waals surface area contributed by atoms with E-state index < -0.39 is 40.0 Å². The summed E-state index contributed by atoms with van der Waals surface area (Å²) < 4.78 is 52.6. The predicted octanol–water partition coefficient (Wildman–Crippen LogP) is 4.47. The van der Waals surface area contributed by atoms with Crippen molar-refractivity contribution in [3.05, 3.63) is 118 Å². The minimum Gasteiger partial charge on any atom is -0.454 e. The van der Waals surface area contributed by atoms with Crippen molar-refractivity contribution in [2.45, 2.75) is 0 Å². The first-order valence-corrected chi connectivity index (χ1v) is 11.5. The average Bonchev–Trinajstić information content (AvgIpc) is 3.50. The monoisotopic (exact) mass is 530 g/mol. The van der Waals surface area contributed by atoms with Crippen molar-refractivity contribution in [2.24, 2.45) is 7.05 Å². The number of pyridine rings is 2. The molecule has 9 nitrogen and oxygen atoms in total. The van der Waals surface area contributed by atoms with Gasteiger partial charge >= 0.3 is 0 Å². The molecule has 0 saturated carbocycles. The predicted molar refractivity (Wildman–Crippen MR) is 136 cm³/mol. The van der Waals surface area contributed by atoms with Crippen LogP contribution >= 0.6 is 0 Å². The molecule has 0 spiro atoms. The highest BCUT2D eigenvalue weighted by atomic mass is 19.1. The summed E-state index contributed by atoms with van der Waals surface area (Å²) in [5.74, 6) is -2.61. The molecule has 0 aliphatic heterocycles. The van der Waals surface area contributed by atoms with Gasteiger partial charge in [-0.15, -0.1) is 0 Å². The van der Waals surface area contributed by atoms with Crippen LogP contribution in [0.15, 0.2) is 89.0 Å². The summed E-state index contributed by atoms with van der Waals surface area (Å²) >= 11 is 0. The maximum atomic E-state index is 15.2. The lowest BCUT2D eigenvalue weighted by atomic mass is 10.2. The van der Waals surface area contributed by atoms with Gasteiger partial charge in [-0.25, -0.2) is 17.9 Å². The molecule has 4 aromatic heterocycles. The van der Waals surface area contributed by atoms with Crippen LogP contribution in [0, 0.1) is 17.5 Å². The fourth-order valence-electron chi connectivity index (χ4n) is 4.17. The molecule has 0 radical (unpaired) electrons. The lowest BCUT2D eigenvalue weighted by molar-refractivity contribution is 0.435. The number of ether oxygens (including phenoxy) is 1. The van der Waals surface area contributed by atoms with Gasteiger partial charge in [0.2, 0.25) is 0 Å². The van der Waals surface area contributed by atoms with Crippen molar-refractivity contribution in [3.63, 3.8) is 0 Å². The van der Waals surface area contributed by atoms with Crippen molar-refractivity contribution in [2.75, 3.05) is 0 Å². The third kappa shape index (κ3) is 4.27. The first-order chi connectivity index (χ1) is 18.8. The summed E-state index contributed by atoms with van der Waals surface area (Å²) in [7, 11) is 1.75. The second kappa shape index (κ2) is 9.17. The number of aromatic nitrogens is 6. The first kappa shape index (κ1) is 24.0. The summed E-state index contributed by atoms with van der Waals surface area (Å²) in [6.45, 7) is 0. The summed E-state index contributed by atoms with van der Waals surface area (Å²) in [5.41, 5.74) is -0.355. The van der Waals surface area contributed by atoms with E-state index in [1.165, 1.54) is 48.8 Å². The van der Waals surface area contributed by atoms with E-state index in [-0.39, 0.29) is 16.7 Å². The number of H-pyrrole nitrogens is 1. The number of aryl methyl sites for hydroxylation is 1. The molecule has 0 unspecified atom stereocenters. The Labute approximate surface area is 217 Å². The Morgan fingerprint density at radius 1 is 0.923 bits per heavy atom. The molecule has 0 aliphatic rings. The van der Waals surface area contributed by atoms with Crippen LogP contribution in [0.5, 0.6) is 11.5 Å². The molecular weight excluding hydrogens is 513 g/mol. The zero-order valence-electron chi connectivity index (χ0n) is 20.1. The lowest BCUT2D eigenvalue weighted by Gasteiger charge is -2.10. The molecule has 0 bridgehead atoms. The zero-order valence-corrected chi connectivity index (χ0v) is 20.1. The molecule has 6 aromatic rings. The number of hydrogen-bond acceptors (Lipinski definition) is 5. The number of nitrogens with one attached hydrogen (secondary N) is 1. The molecule has 2 aromatic carbocycles.